The third-order valence-corrected chi connectivity index (χ3v) is 5.65. The number of carbonyl (C=O) groups is 1. The topological polar surface area (TPSA) is 58.6 Å². The third-order valence-electron chi connectivity index (χ3n) is 5.40. The van der Waals surface area contributed by atoms with Gasteiger partial charge in [0.15, 0.2) is 11.4 Å². The van der Waals surface area contributed by atoms with Crippen molar-refractivity contribution in [1.29, 1.82) is 0 Å². The van der Waals surface area contributed by atoms with Crippen molar-refractivity contribution in [3.05, 3.63) is 46.6 Å². The summed E-state index contributed by atoms with van der Waals surface area (Å²) in [6.45, 7) is 6.40. The quantitative estimate of drug-likeness (QED) is 0.789. The Morgan fingerprint density at radius 2 is 1.79 bits per heavy atom. The molecule has 1 aliphatic heterocycles. The summed E-state index contributed by atoms with van der Waals surface area (Å²) >= 11 is 5.92. The molecule has 148 valence electrons. The molecule has 0 unspecified atom stereocenters. The molecule has 1 saturated heterocycles. The highest BCUT2D eigenvalue weighted by Crippen LogP contribution is 2.25. The molecular weight excluding hydrogens is 376 g/mol. The van der Waals surface area contributed by atoms with Gasteiger partial charge in [-0.3, -0.25) is 4.79 Å². The second-order valence-electron chi connectivity index (χ2n) is 7.87. The molecule has 2 aromatic rings. The number of aryl methyl sites for hydroxylation is 2. The highest BCUT2D eigenvalue weighted by molar-refractivity contribution is 6.30. The maximum atomic E-state index is 13.0. The number of anilines is 1. The van der Waals surface area contributed by atoms with E-state index < -0.39 is 5.60 Å². The van der Waals surface area contributed by atoms with Gasteiger partial charge in [0.1, 0.15) is 5.75 Å². The summed E-state index contributed by atoms with van der Waals surface area (Å²) in [7, 11) is 0. The number of ether oxygens (including phenoxy) is 1. The SMILES string of the molecule is CC(C)(Oc1ccc(Cl)cc1)C(=O)N1CCN(c2cc3c(nn2)CCC3)CC1. The molecule has 0 spiro atoms. The highest BCUT2D eigenvalue weighted by Gasteiger charge is 2.36. The van der Waals surface area contributed by atoms with E-state index in [4.69, 9.17) is 16.3 Å². The molecule has 2 aliphatic rings. The second-order valence-corrected chi connectivity index (χ2v) is 8.31. The number of nitrogens with zero attached hydrogens (tertiary/aromatic N) is 4. The van der Waals surface area contributed by atoms with Gasteiger partial charge in [0.05, 0.1) is 5.69 Å². The summed E-state index contributed by atoms with van der Waals surface area (Å²) in [5, 5.41) is 9.41. The van der Waals surface area contributed by atoms with Crippen molar-refractivity contribution in [1.82, 2.24) is 15.1 Å². The second kappa shape index (κ2) is 7.59. The number of carbonyl (C=O) groups excluding carboxylic acids is 1. The first-order valence-electron chi connectivity index (χ1n) is 9.77. The Morgan fingerprint density at radius 1 is 1.07 bits per heavy atom. The van der Waals surface area contributed by atoms with Crippen LogP contribution in [0.25, 0.3) is 0 Å². The fraction of sp³-hybridized carbons (Fsp3) is 0.476. The first kappa shape index (κ1) is 19.0. The minimum Gasteiger partial charge on any atom is -0.478 e. The van der Waals surface area contributed by atoms with E-state index in [1.807, 2.05) is 18.7 Å². The molecule has 1 amide bonds. The van der Waals surface area contributed by atoms with Crippen molar-refractivity contribution in [2.24, 2.45) is 0 Å². The minimum absolute atomic E-state index is 0.0119. The smallest absolute Gasteiger partial charge is 0.266 e. The number of hydrogen-bond donors (Lipinski definition) is 0. The van der Waals surface area contributed by atoms with E-state index in [1.54, 1.807) is 24.3 Å². The van der Waals surface area contributed by atoms with E-state index in [0.29, 0.717) is 23.9 Å². The summed E-state index contributed by atoms with van der Waals surface area (Å²) in [5.41, 5.74) is 1.52. The van der Waals surface area contributed by atoms with Crippen molar-refractivity contribution >= 4 is 23.3 Å². The average Bonchev–Trinajstić information content (AvgIpc) is 3.17. The van der Waals surface area contributed by atoms with Crippen molar-refractivity contribution < 1.29 is 9.53 Å². The zero-order valence-electron chi connectivity index (χ0n) is 16.3. The molecule has 28 heavy (non-hydrogen) atoms. The number of rotatable bonds is 4. The van der Waals surface area contributed by atoms with Crippen molar-refractivity contribution in [2.75, 3.05) is 31.1 Å². The van der Waals surface area contributed by atoms with Crippen LogP contribution < -0.4 is 9.64 Å². The number of halogens is 1. The Labute approximate surface area is 170 Å². The highest BCUT2D eigenvalue weighted by atomic mass is 35.5. The fourth-order valence-electron chi connectivity index (χ4n) is 3.83. The van der Waals surface area contributed by atoms with Crippen molar-refractivity contribution in [3.63, 3.8) is 0 Å². The molecule has 0 bridgehead atoms. The lowest BCUT2D eigenvalue weighted by atomic mass is 10.1. The van der Waals surface area contributed by atoms with Crippen LogP contribution in [0.1, 0.15) is 31.5 Å². The normalized spacial score (nSPS) is 16.8. The molecule has 2 heterocycles. The number of amides is 1. The molecule has 1 aromatic carbocycles. The standard InChI is InChI=1S/C21H25ClN4O2/c1-21(2,28-17-8-6-16(22)7-9-17)20(27)26-12-10-25(11-13-26)19-14-15-4-3-5-18(15)23-24-19/h6-9,14H,3-5,10-13H2,1-2H3. The fourth-order valence-corrected chi connectivity index (χ4v) is 3.96. The maximum absolute atomic E-state index is 13.0. The first-order valence-corrected chi connectivity index (χ1v) is 10.1. The van der Waals surface area contributed by atoms with Gasteiger partial charge in [-0.25, -0.2) is 0 Å². The Balaban J connectivity index is 1.37. The predicted octanol–water partition coefficient (Wildman–Crippen LogP) is 3.12. The molecule has 6 nitrogen and oxygen atoms in total. The summed E-state index contributed by atoms with van der Waals surface area (Å²) < 4.78 is 5.95. The van der Waals surface area contributed by atoms with E-state index in [2.05, 4.69) is 21.2 Å². The van der Waals surface area contributed by atoms with E-state index in [9.17, 15) is 4.79 Å². The first-order chi connectivity index (χ1) is 13.4. The molecule has 0 saturated carbocycles. The lowest BCUT2D eigenvalue weighted by molar-refractivity contribution is -0.145. The lowest BCUT2D eigenvalue weighted by Crippen LogP contribution is -2.56. The summed E-state index contributed by atoms with van der Waals surface area (Å²) in [6.07, 6.45) is 3.29. The average molecular weight is 401 g/mol. The monoisotopic (exact) mass is 400 g/mol. The molecule has 4 rings (SSSR count). The zero-order chi connectivity index (χ0) is 19.7. The number of benzene rings is 1. The van der Waals surface area contributed by atoms with Gasteiger partial charge in [-0.05, 0) is 69.0 Å². The van der Waals surface area contributed by atoms with Gasteiger partial charge >= 0.3 is 0 Å². The van der Waals surface area contributed by atoms with Crippen LogP contribution in [0.5, 0.6) is 5.75 Å². The Kier molecular flexibility index (Phi) is 5.15. The maximum Gasteiger partial charge on any atom is 0.266 e. The Morgan fingerprint density at radius 3 is 2.50 bits per heavy atom. The van der Waals surface area contributed by atoms with Gasteiger partial charge in [-0.2, -0.15) is 5.10 Å². The molecule has 1 aromatic heterocycles. The van der Waals surface area contributed by atoms with E-state index in [1.165, 1.54) is 12.0 Å². The van der Waals surface area contributed by atoms with E-state index in [0.717, 1.165) is 37.4 Å². The number of fused-ring (bicyclic) bond motifs is 1. The zero-order valence-corrected chi connectivity index (χ0v) is 17.1. The largest absolute Gasteiger partial charge is 0.478 e. The Hall–Kier alpha value is -2.34. The van der Waals surface area contributed by atoms with Gasteiger partial charge < -0.3 is 14.5 Å². The van der Waals surface area contributed by atoms with Crippen LogP contribution in [-0.2, 0) is 17.6 Å². The third kappa shape index (κ3) is 3.92. The molecular formula is C21H25ClN4O2. The molecule has 1 aliphatic carbocycles. The van der Waals surface area contributed by atoms with Gasteiger partial charge in [-0.1, -0.05) is 11.6 Å². The number of piperazine rings is 1. The molecule has 7 heteroatoms. The van der Waals surface area contributed by atoms with Crippen molar-refractivity contribution in [2.45, 2.75) is 38.7 Å². The molecule has 0 N–H and O–H groups in total. The summed E-state index contributed by atoms with van der Waals surface area (Å²) in [5.74, 6) is 1.54. The molecule has 0 atom stereocenters. The van der Waals surface area contributed by atoms with E-state index >= 15 is 0 Å². The van der Waals surface area contributed by atoms with Crippen LogP contribution in [0, 0.1) is 0 Å². The van der Waals surface area contributed by atoms with Crippen LogP contribution in [0.4, 0.5) is 5.82 Å². The van der Waals surface area contributed by atoms with Crippen molar-refractivity contribution in [3.8, 4) is 5.75 Å². The molecule has 0 radical (unpaired) electrons. The summed E-state index contributed by atoms with van der Waals surface area (Å²) in [6, 6.07) is 9.24. The van der Waals surface area contributed by atoms with Gasteiger partial charge in [0, 0.05) is 31.2 Å². The minimum atomic E-state index is -0.941. The molecule has 1 fully saturated rings. The lowest BCUT2D eigenvalue weighted by Gasteiger charge is -2.38. The van der Waals surface area contributed by atoms with Crippen LogP contribution in [0.3, 0.4) is 0 Å². The van der Waals surface area contributed by atoms with Crippen LogP contribution in [0.15, 0.2) is 30.3 Å². The van der Waals surface area contributed by atoms with Gasteiger partial charge in [-0.15, -0.1) is 5.10 Å². The summed E-state index contributed by atoms with van der Waals surface area (Å²) in [4.78, 5) is 17.1. The van der Waals surface area contributed by atoms with Crippen LogP contribution in [-0.4, -0.2) is 52.8 Å². The number of hydrogen-bond acceptors (Lipinski definition) is 5. The van der Waals surface area contributed by atoms with Crippen LogP contribution >= 0.6 is 11.6 Å². The van der Waals surface area contributed by atoms with Gasteiger partial charge in [0.2, 0.25) is 0 Å². The number of aromatic nitrogens is 2. The Bertz CT molecular complexity index is 861. The van der Waals surface area contributed by atoms with Crippen LogP contribution in [0.2, 0.25) is 5.02 Å². The van der Waals surface area contributed by atoms with E-state index in [-0.39, 0.29) is 5.91 Å². The predicted molar refractivity (Wildman–Crippen MR) is 109 cm³/mol. The van der Waals surface area contributed by atoms with Gasteiger partial charge in [0.25, 0.3) is 5.91 Å².